The lowest BCUT2D eigenvalue weighted by atomic mass is 9.93. The molecule has 0 N–H and O–H groups in total. The van der Waals surface area contributed by atoms with Gasteiger partial charge in [-0.25, -0.2) is 0 Å². The molecule has 0 radical (unpaired) electrons. The number of fused-ring (bicyclic) bond motifs is 7. The van der Waals surface area contributed by atoms with Gasteiger partial charge in [-0.1, -0.05) is 152 Å². The first kappa shape index (κ1) is 32.0. The molecule has 0 aliphatic heterocycles. The lowest BCUT2D eigenvalue weighted by molar-refractivity contribution is 0.631. The van der Waals surface area contributed by atoms with Gasteiger partial charge < -0.3 is 9.32 Å². The molecule has 1 heterocycles. The van der Waals surface area contributed by atoms with Crippen molar-refractivity contribution >= 4 is 71.1 Å². The monoisotopic (exact) mass is 713 g/mol. The van der Waals surface area contributed by atoms with Crippen molar-refractivity contribution in [1.82, 2.24) is 0 Å². The number of benzene rings is 10. The summed E-state index contributed by atoms with van der Waals surface area (Å²) in [5.41, 5.74) is 9.98. The van der Waals surface area contributed by atoms with Gasteiger partial charge in [0.25, 0.3) is 0 Å². The highest BCUT2D eigenvalue weighted by molar-refractivity contribution is 6.14. The van der Waals surface area contributed by atoms with E-state index in [9.17, 15) is 0 Å². The van der Waals surface area contributed by atoms with Crippen LogP contribution >= 0.6 is 0 Å². The minimum absolute atomic E-state index is 0.875. The third kappa shape index (κ3) is 5.51. The Bertz CT molecular complexity index is 3210. The van der Waals surface area contributed by atoms with Gasteiger partial charge in [0.2, 0.25) is 0 Å². The van der Waals surface area contributed by atoms with Crippen LogP contribution in [0.25, 0.3) is 87.6 Å². The normalized spacial score (nSPS) is 11.6. The summed E-state index contributed by atoms with van der Waals surface area (Å²) < 4.78 is 6.22. The van der Waals surface area contributed by atoms with Crippen LogP contribution in [0.3, 0.4) is 0 Å². The highest BCUT2D eigenvalue weighted by atomic mass is 16.3. The molecular formula is C54H35NO. The third-order valence-electron chi connectivity index (χ3n) is 11.2. The molecule has 56 heavy (non-hydrogen) atoms. The van der Waals surface area contributed by atoms with Crippen LogP contribution in [-0.4, -0.2) is 0 Å². The van der Waals surface area contributed by atoms with Crippen LogP contribution in [-0.2, 0) is 0 Å². The lowest BCUT2D eigenvalue weighted by Gasteiger charge is -2.26. The molecule has 2 nitrogen and oxygen atoms in total. The molecule has 0 bridgehead atoms. The molecule has 0 saturated heterocycles. The first-order chi connectivity index (χ1) is 27.7. The maximum Gasteiger partial charge on any atom is 0.135 e. The number of hydrogen-bond donors (Lipinski definition) is 0. The summed E-state index contributed by atoms with van der Waals surface area (Å²) in [6, 6.07) is 76.6. The van der Waals surface area contributed by atoms with Gasteiger partial charge in [-0.3, -0.25) is 0 Å². The molecule has 1 aromatic heterocycles. The van der Waals surface area contributed by atoms with Crippen molar-refractivity contribution in [2.45, 2.75) is 0 Å². The van der Waals surface area contributed by atoms with Crippen molar-refractivity contribution in [2.24, 2.45) is 0 Å². The van der Waals surface area contributed by atoms with Crippen molar-refractivity contribution in [3.8, 4) is 33.6 Å². The standard InChI is InChI=1S/C54H35NO/c1-4-15-47-37(10-1)20-21-41-33-46(30-31-49(41)47)55(45-28-24-38(25-29-45)52-34-40-11-2-5-16-48(40)50-17-6-7-18-51(50)52)44-26-22-36(23-27-44)39-13-9-14-42(32-39)54-35-43-12-3-8-19-53(43)56-54/h1-35H. The lowest BCUT2D eigenvalue weighted by Crippen LogP contribution is -2.09. The van der Waals surface area contributed by atoms with Gasteiger partial charge in [-0.15, -0.1) is 0 Å². The first-order valence-corrected chi connectivity index (χ1v) is 19.2. The Morgan fingerprint density at radius 2 is 0.839 bits per heavy atom. The molecule has 0 amide bonds. The molecule has 0 fully saturated rings. The number of furan rings is 1. The average molecular weight is 714 g/mol. The molecule has 0 aliphatic rings. The van der Waals surface area contributed by atoms with Gasteiger partial charge in [0.05, 0.1) is 0 Å². The molecule has 11 aromatic rings. The Balaban J connectivity index is 1.00. The molecule has 262 valence electrons. The van der Waals surface area contributed by atoms with E-state index in [1.54, 1.807) is 0 Å². The third-order valence-corrected chi connectivity index (χ3v) is 11.2. The van der Waals surface area contributed by atoms with Crippen molar-refractivity contribution in [3.63, 3.8) is 0 Å². The van der Waals surface area contributed by atoms with Crippen LogP contribution in [0.4, 0.5) is 17.1 Å². The maximum absolute atomic E-state index is 6.22. The SMILES string of the molecule is c1cc(-c2ccc(N(c3ccc(-c4cc5ccccc5c5ccccc45)cc3)c3ccc4c(ccc5ccccc54)c3)cc2)cc(-c2cc3ccccc3o2)c1. The predicted octanol–water partition coefficient (Wildman–Crippen LogP) is 15.5. The van der Waals surface area contributed by atoms with E-state index in [0.717, 1.165) is 50.5 Å². The van der Waals surface area contributed by atoms with Crippen LogP contribution in [0.2, 0.25) is 0 Å². The molecule has 10 aromatic carbocycles. The Labute approximate surface area is 325 Å². The zero-order chi connectivity index (χ0) is 37.0. The van der Waals surface area contributed by atoms with E-state index in [-0.39, 0.29) is 0 Å². The van der Waals surface area contributed by atoms with E-state index in [0.29, 0.717) is 0 Å². The summed E-state index contributed by atoms with van der Waals surface area (Å²) in [6.07, 6.45) is 0. The second-order valence-electron chi connectivity index (χ2n) is 14.5. The van der Waals surface area contributed by atoms with Crippen molar-refractivity contribution in [3.05, 3.63) is 212 Å². The Morgan fingerprint density at radius 3 is 1.61 bits per heavy atom. The van der Waals surface area contributed by atoms with Gasteiger partial charge >= 0.3 is 0 Å². The molecular weight excluding hydrogens is 679 g/mol. The molecule has 0 saturated carbocycles. The minimum atomic E-state index is 0.875. The van der Waals surface area contributed by atoms with Crippen LogP contribution in [0, 0.1) is 0 Å². The summed E-state index contributed by atoms with van der Waals surface area (Å²) in [5.74, 6) is 0.875. The molecule has 11 rings (SSSR count). The largest absolute Gasteiger partial charge is 0.456 e. The van der Waals surface area contributed by atoms with Crippen molar-refractivity contribution < 1.29 is 4.42 Å². The van der Waals surface area contributed by atoms with Gasteiger partial charge in [-0.05, 0) is 126 Å². The van der Waals surface area contributed by atoms with E-state index in [1.807, 2.05) is 18.2 Å². The molecule has 2 heteroatoms. The van der Waals surface area contributed by atoms with Crippen molar-refractivity contribution in [2.75, 3.05) is 4.90 Å². The fraction of sp³-hybridized carbons (Fsp3) is 0. The molecule has 0 spiro atoms. The summed E-state index contributed by atoms with van der Waals surface area (Å²) >= 11 is 0. The summed E-state index contributed by atoms with van der Waals surface area (Å²) in [6.45, 7) is 0. The molecule has 0 unspecified atom stereocenters. The zero-order valence-electron chi connectivity index (χ0n) is 30.6. The van der Waals surface area contributed by atoms with Crippen LogP contribution < -0.4 is 4.90 Å². The predicted molar refractivity (Wildman–Crippen MR) is 237 cm³/mol. The fourth-order valence-electron chi connectivity index (χ4n) is 8.45. The maximum atomic E-state index is 6.22. The highest BCUT2D eigenvalue weighted by Crippen LogP contribution is 2.41. The number of hydrogen-bond acceptors (Lipinski definition) is 2. The number of para-hydroxylation sites is 1. The molecule has 0 atom stereocenters. The van der Waals surface area contributed by atoms with Gasteiger partial charge in [0.1, 0.15) is 11.3 Å². The number of anilines is 3. The highest BCUT2D eigenvalue weighted by Gasteiger charge is 2.16. The zero-order valence-corrected chi connectivity index (χ0v) is 30.6. The van der Waals surface area contributed by atoms with Crippen molar-refractivity contribution in [1.29, 1.82) is 0 Å². The fourth-order valence-corrected chi connectivity index (χ4v) is 8.45. The van der Waals surface area contributed by atoms with Crippen LogP contribution in [0.1, 0.15) is 0 Å². The average Bonchev–Trinajstić information content (AvgIpc) is 3.72. The minimum Gasteiger partial charge on any atom is -0.456 e. The number of rotatable bonds is 6. The summed E-state index contributed by atoms with van der Waals surface area (Å²) in [7, 11) is 0. The van der Waals surface area contributed by atoms with E-state index >= 15 is 0 Å². The Hall–Kier alpha value is -7.42. The van der Waals surface area contributed by atoms with E-state index in [1.165, 1.54) is 54.2 Å². The van der Waals surface area contributed by atoms with Crippen LogP contribution in [0.15, 0.2) is 217 Å². The van der Waals surface area contributed by atoms with Gasteiger partial charge in [-0.2, -0.15) is 0 Å². The summed E-state index contributed by atoms with van der Waals surface area (Å²) in [5, 5.41) is 11.2. The smallest absolute Gasteiger partial charge is 0.135 e. The number of nitrogens with zero attached hydrogens (tertiary/aromatic N) is 1. The van der Waals surface area contributed by atoms with Crippen LogP contribution in [0.5, 0.6) is 0 Å². The van der Waals surface area contributed by atoms with E-state index < -0.39 is 0 Å². The molecule has 0 aliphatic carbocycles. The van der Waals surface area contributed by atoms with Gasteiger partial charge in [0, 0.05) is 28.0 Å². The van der Waals surface area contributed by atoms with Gasteiger partial charge in [0.15, 0.2) is 0 Å². The second-order valence-corrected chi connectivity index (χ2v) is 14.5. The summed E-state index contributed by atoms with van der Waals surface area (Å²) in [4.78, 5) is 2.37. The first-order valence-electron chi connectivity index (χ1n) is 19.2. The van der Waals surface area contributed by atoms with E-state index in [4.69, 9.17) is 4.42 Å². The quantitative estimate of drug-likeness (QED) is 0.160. The Morgan fingerprint density at radius 1 is 0.286 bits per heavy atom. The van der Waals surface area contributed by atoms with E-state index in [2.05, 4.69) is 199 Å². The topological polar surface area (TPSA) is 16.4 Å². The second kappa shape index (κ2) is 13.2. The Kier molecular flexibility index (Phi) is 7.53.